The summed E-state index contributed by atoms with van der Waals surface area (Å²) >= 11 is 0. The third-order valence-electron chi connectivity index (χ3n) is 3.37. The molecule has 1 N–H and O–H groups in total. The fourth-order valence-electron chi connectivity index (χ4n) is 2.21. The van der Waals surface area contributed by atoms with Crippen molar-refractivity contribution < 1.29 is 9.53 Å². The van der Waals surface area contributed by atoms with E-state index < -0.39 is 0 Å². The molecule has 1 atom stereocenters. The van der Waals surface area contributed by atoms with Crippen LogP contribution in [0.1, 0.15) is 18.4 Å². The molecule has 1 amide bonds. The number of benzene rings is 1. The first kappa shape index (κ1) is 12.9. The summed E-state index contributed by atoms with van der Waals surface area (Å²) in [5.74, 6) is 0. The zero-order chi connectivity index (χ0) is 12.8. The highest BCUT2D eigenvalue weighted by molar-refractivity contribution is 5.67. The Morgan fingerprint density at radius 3 is 2.89 bits per heavy atom. The van der Waals surface area contributed by atoms with Crippen LogP contribution in [-0.4, -0.2) is 37.2 Å². The van der Waals surface area contributed by atoms with Gasteiger partial charge in [-0.25, -0.2) is 4.79 Å². The Balaban J connectivity index is 1.66. The zero-order valence-corrected chi connectivity index (χ0v) is 10.8. The smallest absolute Gasteiger partial charge is 0.407 e. The summed E-state index contributed by atoms with van der Waals surface area (Å²) in [6.45, 7) is 2.11. The Labute approximate surface area is 108 Å². The Morgan fingerprint density at radius 2 is 2.22 bits per heavy atom. The van der Waals surface area contributed by atoms with Gasteiger partial charge >= 0.3 is 6.09 Å². The molecule has 1 unspecified atom stereocenters. The van der Waals surface area contributed by atoms with Gasteiger partial charge in [-0.3, -0.25) is 0 Å². The second-order valence-electron chi connectivity index (χ2n) is 4.72. The number of carbonyl (C=O) groups is 1. The van der Waals surface area contributed by atoms with Crippen LogP contribution in [0.15, 0.2) is 30.3 Å². The summed E-state index contributed by atoms with van der Waals surface area (Å²) in [4.78, 5) is 13.8. The third-order valence-corrected chi connectivity index (χ3v) is 3.37. The molecule has 0 saturated carbocycles. The average molecular weight is 248 g/mol. The first-order valence-corrected chi connectivity index (χ1v) is 6.40. The number of likely N-dealkylation sites (N-methyl/N-ethyl adjacent to an activating group) is 1. The van der Waals surface area contributed by atoms with Crippen LogP contribution < -0.4 is 5.32 Å². The zero-order valence-electron chi connectivity index (χ0n) is 10.8. The van der Waals surface area contributed by atoms with Gasteiger partial charge in [-0.1, -0.05) is 30.3 Å². The van der Waals surface area contributed by atoms with Crippen LogP contribution in [0, 0.1) is 0 Å². The number of carbonyl (C=O) groups excluding carboxylic acids is 1. The Bertz CT molecular complexity index is 381. The van der Waals surface area contributed by atoms with Crippen LogP contribution in [0.5, 0.6) is 0 Å². The molecule has 18 heavy (non-hydrogen) atoms. The minimum absolute atomic E-state index is 0.327. The lowest BCUT2D eigenvalue weighted by atomic mass is 10.2. The van der Waals surface area contributed by atoms with E-state index in [1.54, 1.807) is 0 Å². The second kappa shape index (κ2) is 6.40. The number of hydrogen-bond donors (Lipinski definition) is 1. The molecule has 98 valence electrons. The molecule has 1 fully saturated rings. The molecule has 1 saturated heterocycles. The Kier molecular flexibility index (Phi) is 4.59. The minimum Gasteiger partial charge on any atom is -0.445 e. The van der Waals surface area contributed by atoms with E-state index in [-0.39, 0.29) is 6.09 Å². The normalized spacial score (nSPS) is 19.7. The molecule has 4 nitrogen and oxygen atoms in total. The molecule has 0 spiro atoms. The molecular formula is C14H20N2O2. The van der Waals surface area contributed by atoms with Crippen molar-refractivity contribution in [2.45, 2.75) is 25.5 Å². The van der Waals surface area contributed by atoms with Gasteiger partial charge in [0.2, 0.25) is 0 Å². The molecule has 4 heteroatoms. The Hall–Kier alpha value is -1.55. The van der Waals surface area contributed by atoms with E-state index >= 15 is 0 Å². The van der Waals surface area contributed by atoms with Crippen LogP contribution in [-0.2, 0) is 11.3 Å². The van der Waals surface area contributed by atoms with Gasteiger partial charge in [-0.15, -0.1) is 0 Å². The molecule has 1 heterocycles. The van der Waals surface area contributed by atoms with Gasteiger partial charge in [0.15, 0.2) is 0 Å². The van der Waals surface area contributed by atoms with E-state index in [0.717, 1.165) is 18.5 Å². The molecule has 1 aliphatic rings. The molecular weight excluding hydrogens is 228 g/mol. The van der Waals surface area contributed by atoms with Crippen molar-refractivity contribution in [3.63, 3.8) is 0 Å². The number of nitrogens with one attached hydrogen (secondary N) is 1. The van der Waals surface area contributed by atoms with Crippen molar-refractivity contribution in [1.82, 2.24) is 10.2 Å². The van der Waals surface area contributed by atoms with Gasteiger partial charge < -0.3 is 15.0 Å². The van der Waals surface area contributed by atoms with Gasteiger partial charge in [-0.05, 0) is 32.0 Å². The molecule has 1 aromatic carbocycles. The van der Waals surface area contributed by atoms with Crippen molar-refractivity contribution in [3.8, 4) is 0 Å². The molecule has 2 rings (SSSR count). The monoisotopic (exact) mass is 248 g/mol. The SMILES string of the molecule is CN1CCCC1CNC(=O)OCc1ccccc1. The molecule has 0 aromatic heterocycles. The van der Waals surface area contributed by atoms with Crippen molar-refractivity contribution in [2.24, 2.45) is 0 Å². The van der Waals surface area contributed by atoms with Gasteiger partial charge in [-0.2, -0.15) is 0 Å². The summed E-state index contributed by atoms with van der Waals surface area (Å²) in [6.07, 6.45) is 2.02. The van der Waals surface area contributed by atoms with E-state index in [2.05, 4.69) is 17.3 Å². The highest BCUT2D eigenvalue weighted by Gasteiger charge is 2.21. The lowest BCUT2D eigenvalue weighted by molar-refractivity contribution is 0.136. The van der Waals surface area contributed by atoms with Crippen LogP contribution in [0.3, 0.4) is 0 Å². The van der Waals surface area contributed by atoms with E-state index in [1.807, 2.05) is 30.3 Å². The van der Waals surface area contributed by atoms with E-state index in [1.165, 1.54) is 6.42 Å². The van der Waals surface area contributed by atoms with Crippen LogP contribution in [0.2, 0.25) is 0 Å². The van der Waals surface area contributed by atoms with E-state index in [4.69, 9.17) is 4.74 Å². The van der Waals surface area contributed by atoms with E-state index in [9.17, 15) is 4.79 Å². The average Bonchev–Trinajstić information content (AvgIpc) is 2.81. The molecule has 0 aliphatic carbocycles. The lowest BCUT2D eigenvalue weighted by Gasteiger charge is -2.19. The van der Waals surface area contributed by atoms with Crippen molar-refractivity contribution in [2.75, 3.05) is 20.1 Å². The van der Waals surface area contributed by atoms with Gasteiger partial charge in [0.25, 0.3) is 0 Å². The number of nitrogens with zero attached hydrogens (tertiary/aromatic N) is 1. The second-order valence-corrected chi connectivity index (χ2v) is 4.72. The van der Waals surface area contributed by atoms with Crippen LogP contribution >= 0.6 is 0 Å². The lowest BCUT2D eigenvalue weighted by Crippen LogP contribution is -2.38. The topological polar surface area (TPSA) is 41.6 Å². The van der Waals surface area contributed by atoms with Crippen molar-refractivity contribution >= 4 is 6.09 Å². The summed E-state index contributed by atoms with van der Waals surface area (Å²) in [6, 6.07) is 10.2. The maximum Gasteiger partial charge on any atom is 0.407 e. The summed E-state index contributed by atoms with van der Waals surface area (Å²) in [7, 11) is 2.09. The number of amides is 1. The quantitative estimate of drug-likeness (QED) is 0.886. The number of ether oxygens (including phenoxy) is 1. The number of likely N-dealkylation sites (tertiary alicyclic amines) is 1. The molecule has 0 bridgehead atoms. The van der Waals surface area contributed by atoms with E-state index in [0.29, 0.717) is 19.2 Å². The van der Waals surface area contributed by atoms with Crippen LogP contribution in [0.25, 0.3) is 0 Å². The van der Waals surface area contributed by atoms with Gasteiger partial charge in [0.1, 0.15) is 6.61 Å². The number of hydrogen-bond acceptors (Lipinski definition) is 3. The third kappa shape index (κ3) is 3.74. The molecule has 1 aromatic rings. The largest absolute Gasteiger partial charge is 0.445 e. The highest BCUT2D eigenvalue weighted by Crippen LogP contribution is 2.13. The maximum absolute atomic E-state index is 11.5. The molecule has 0 radical (unpaired) electrons. The standard InChI is InChI=1S/C14H20N2O2/c1-16-9-5-8-13(16)10-15-14(17)18-11-12-6-3-2-4-7-12/h2-4,6-7,13H,5,8-11H2,1H3,(H,15,17). The predicted octanol–water partition coefficient (Wildman–Crippen LogP) is 2.01. The van der Waals surface area contributed by atoms with Gasteiger partial charge in [0.05, 0.1) is 0 Å². The highest BCUT2D eigenvalue weighted by atomic mass is 16.5. The molecule has 1 aliphatic heterocycles. The fraction of sp³-hybridized carbons (Fsp3) is 0.500. The van der Waals surface area contributed by atoms with Gasteiger partial charge in [0, 0.05) is 12.6 Å². The number of rotatable bonds is 4. The maximum atomic E-state index is 11.5. The summed E-state index contributed by atoms with van der Waals surface area (Å²) in [5.41, 5.74) is 1.01. The summed E-state index contributed by atoms with van der Waals surface area (Å²) < 4.78 is 5.15. The number of alkyl carbamates (subject to hydrolysis) is 1. The van der Waals surface area contributed by atoms with Crippen molar-refractivity contribution in [3.05, 3.63) is 35.9 Å². The Morgan fingerprint density at radius 1 is 1.44 bits per heavy atom. The van der Waals surface area contributed by atoms with Crippen LogP contribution in [0.4, 0.5) is 4.79 Å². The van der Waals surface area contributed by atoms with Crippen molar-refractivity contribution in [1.29, 1.82) is 0 Å². The first-order chi connectivity index (χ1) is 8.75. The summed E-state index contributed by atoms with van der Waals surface area (Å²) in [5, 5.41) is 2.82. The minimum atomic E-state index is -0.334. The predicted molar refractivity (Wildman–Crippen MR) is 70.3 cm³/mol. The first-order valence-electron chi connectivity index (χ1n) is 6.40. The fourth-order valence-corrected chi connectivity index (χ4v) is 2.21.